The van der Waals surface area contributed by atoms with Gasteiger partial charge in [-0.05, 0) is 25.0 Å². The van der Waals surface area contributed by atoms with Gasteiger partial charge in [0, 0.05) is 29.9 Å². The van der Waals surface area contributed by atoms with Gasteiger partial charge in [0.05, 0.1) is 0 Å². The summed E-state index contributed by atoms with van der Waals surface area (Å²) in [5.41, 5.74) is 7.17. The summed E-state index contributed by atoms with van der Waals surface area (Å²) in [5.74, 6) is 0.262. The largest absolute Gasteiger partial charge is 0.330 e. The number of rotatable bonds is 4. The van der Waals surface area contributed by atoms with E-state index in [9.17, 15) is 4.79 Å². The summed E-state index contributed by atoms with van der Waals surface area (Å²) in [6.45, 7) is 6.32. The molecule has 2 N–H and O–H groups in total. The number of nitrogens with two attached hydrogens (primary N) is 1. The molecule has 3 nitrogen and oxygen atoms in total. The minimum absolute atomic E-state index is 0.0972. The Kier molecular flexibility index (Phi) is 3.97. The Morgan fingerprint density at radius 3 is 2.53 bits per heavy atom. The Labute approximate surface area is 90.7 Å². The third kappa shape index (κ3) is 2.86. The van der Waals surface area contributed by atoms with Crippen LogP contribution >= 0.6 is 0 Å². The predicted molar refractivity (Wildman–Crippen MR) is 60.7 cm³/mol. The van der Waals surface area contributed by atoms with Gasteiger partial charge in [0.25, 0.3) is 0 Å². The van der Waals surface area contributed by atoms with E-state index >= 15 is 0 Å². The lowest BCUT2D eigenvalue weighted by Gasteiger charge is -2.17. The van der Waals surface area contributed by atoms with Crippen molar-refractivity contribution in [3.05, 3.63) is 29.6 Å². The van der Waals surface area contributed by atoms with Crippen molar-refractivity contribution in [2.24, 2.45) is 17.6 Å². The molecule has 3 heteroatoms. The van der Waals surface area contributed by atoms with Gasteiger partial charge in [-0.25, -0.2) is 0 Å². The van der Waals surface area contributed by atoms with E-state index in [2.05, 4.69) is 4.98 Å². The fourth-order valence-electron chi connectivity index (χ4n) is 1.51. The van der Waals surface area contributed by atoms with Crippen LogP contribution in [0.3, 0.4) is 0 Å². The Morgan fingerprint density at radius 1 is 1.47 bits per heavy atom. The molecule has 1 atom stereocenters. The summed E-state index contributed by atoms with van der Waals surface area (Å²) in [5, 5.41) is 0. The van der Waals surface area contributed by atoms with Crippen molar-refractivity contribution < 1.29 is 4.79 Å². The van der Waals surface area contributed by atoms with Gasteiger partial charge >= 0.3 is 0 Å². The molecule has 1 unspecified atom stereocenters. The number of hydrogen-bond acceptors (Lipinski definition) is 3. The first-order valence-electron chi connectivity index (χ1n) is 5.23. The molecule has 0 saturated heterocycles. The molecule has 0 aliphatic rings. The summed E-state index contributed by atoms with van der Waals surface area (Å²) in [6.07, 6.45) is 1.63. The highest BCUT2D eigenvalue weighted by molar-refractivity contribution is 5.97. The molecular weight excluding hydrogens is 188 g/mol. The van der Waals surface area contributed by atoms with Crippen LogP contribution in [-0.2, 0) is 0 Å². The van der Waals surface area contributed by atoms with Crippen molar-refractivity contribution in [3.63, 3.8) is 0 Å². The van der Waals surface area contributed by atoms with Crippen molar-refractivity contribution in [3.8, 4) is 0 Å². The van der Waals surface area contributed by atoms with Crippen LogP contribution in [0.25, 0.3) is 0 Å². The van der Waals surface area contributed by atoms with Crippen LogP contribution in [-0.4, -0.2) is 17.3 Å². The highest BCUT2D eigenvalue weighted by Gasteiger charge is 2.21. The number of pyridine rings is 1. The van der Waals surface area contributed by atoms with Gasteiger partial charge in [-0.3, -0.25) is 9.78 Å². The van der Waals surface area contributed by atoms with E-state index in [0.717, 1.165) is 5.69 Å². The zero-order valence-corrected chi connectivity index (χ0v) is 9.53. The SMILES string of the molecule is Cc1ccc(C(=O)C(CN)C(C)C)cn1. The maximum Gasteiger partial charge on any atom is 0.169 e. The number of hydrogen-bond donors (Lipinski definition) is 1. The smallest absolute Gasteiger partial charge is 0.169 e. The van der Waals surface area contributed by atoms with E-state index in [-0.39, 0.29) is 17.6 Å². The zero-order valence-electron chi connectivity index (χ0n) is 9.53. The van der Waals surface area contributed by atoms with Crippen LogP contribution in [0, 0.1) is 18.8 Å². The molecule has 0 spiro atoms. The lowest BCUT2D eigenvalue weighted by molar-refractivity contribution is 0.0891. The fourth-order valence-corrected chi connectivity index (χ4v) is 1.51. The van der Waals surface area contributed by atoms with Gasteiger partial charge in [-0.2, -0.15) is 0 Å². The van der Waals surface area contributed by atoms with Crippen LogP contribution < -0.4 is 5.73 Å². The van der Waals surface area contributed by atoms with Gasteiger partial charge in [-0.15, -0.1) is 0 Å². The van der Waals surface area contributed by atoms with Gasteiger partial charge in [-0.1, -0.05) is 13.8 Å². The third-order valence-electron chi connectivity index (χ3n) is 2.59. The molecule has 0 fully saturated rings. The Bertz CT molecular complexity index is 330. The third-order valence-corrected chi connectivity index (χ3v) is 2.59. The molecule has 0 bridgehead atoms. The molecule has 0 aliphatic heterocycles. The molecule has 82 valence electrons. The second-order valence-electron chi connectivity index (χ2n) is 4.14. The van der Waals surface area contributed by atoms with Crippen LogP contribution in [0.5, 0.6) is 0 Å². The molecule has 1 aromatic heterocycles. The standard InChI is InChI=1S/C12H18N2O/c1-8(2)11(6-13)12(15)10-5-4-9(3)14-7-10/h4-5,7-8,11H,6,13H2,1-3H3. The lowest BCUT2D eigenvalue weighted by Crippen LogP contribution is -2.28. The summed E-state index contributed by atoms with van der Waals surface area (Å²) in [6, 6.07) is 3.66. The fraction of sp³-hybridized carbons (Fsp3) is 0.500. The highest BCUT2D eigenvalue weighted by Crippen LogP contribution is 2.15. The van der Waals surface area contributed by atoms with Crippen LogP contribution in [0.15, 0.2) is 18.3 Å². The molecule has 15 heavy (non-hydrogen) atoms. The van der Waals surface area contributed by atoms with Gasteiger partial charge in [0.2, 0.25) is 0 Å². The van der Waals surface area contributed by atoms with E-state index in [0.29, 0.717) is 12.1 Å². The topological polar surface area (TPSA) is 56.0 Å². The van der Waals surface area contributed by atoms with Crippen LogP contribution in [0.4, 0.5) is 0 Å². The second kappa shape index (κ2) is 5.03. The van der Waals surface area contributed by atoms with Crippen molar-refractivity contribution >= 4 is 5.78 Å². The maximum atomic E-state index is 12.0. The number of Topliss-reactive ketones (excluding diaryl/α,β-unsaturated/α-hetero) is 1. The molecule has 1 heterocycles. The average molecular weight is 206 g/mol. The predicted octanol–water partition coefficient (Wildman–Crippen LogP) is 1.80. The number of carbonyl (C=O) groups excluding carboxylic acids is 1. The quantitative estimate of drug-likeness (QED) is 0.764. The molecule has 1 rings (SSSR count). The minimum atomic E-state index is -0.102. The summed E-state index contributed by atoms with van der Waals surface area (Å²) in [7, 11) is 0. The first-order valence-corrected chi connectivity index (χ1v) is 5.23. The molecule has 1 aromatic rings. The number of aromatic nitrogens is 1. The normalized spacial score (nSPS) is 12.9. The first-order chi connectivity index (χ1) is 7.06. The molecule has 0 aromatic carbocycles. The average Bonchev–Trinajstić information content (AvgIpc) is 2.19. The maximum absolute atomic E-state index is 12.0. The van der Waals surface area contributed by atoms with E-state index in [4.69, 9.17) is 5.73 Å². The zero-order chi connectivity index (χ0) is 11.4. The highest BCUT2D eigenvalue weighted by atomic mass is 16.1. The molecule has 0 aliphatic carbocycles. The lowest BCUT2D eigenvalue weighted by atomic mass is 9.88. The van der Waals surface area contributed by atoms with Crippen molar-refractivity contribution in [1.29, 1.82) is 0 Å². The van der Waals surface area contributed by atoms with E-state index < -0.39 is 0 Å². The molecular formula is C12H18N2O. The Balaban J connectivity index is 2.88. The number of ketones is 1. The van der Waals surface area contributed by atoms with Crippen LogP contribution in [0.1, 0.15) is 29.9 Å². The van der Waals surface area contributed by atoms with Gasteiger partial charge in [0.15, 0.2) is 5.78 Å². The Hall–Kier alpha value is -1.22. The summed E-state index contributed by atoms with van der Waals surface area (Å²) in [4.78, 5) is 16.1. The van der Waals surface area contributed by atoms with Gasteiger partial charge in [0.1, 0.15) is 0 Å². The van der Waals surface area contributed by atoms with Crippen molar-refractivity contribution in [2.45, 2.75) is 20.8 Å². The molecule has 0 radical (unpaired) electrons. The van der Waals surface area contributed by atoms with E-state index in [1.165, 1.54) is 0 Å². The summed E-state index contributed by atoms with van der Waals surface area (Å²) < 4.78 is 0. The number of aryl methyl sites for hydroxylation is 1. The first kappa shape index (κ1) is 11.9. The minimum Gasteiger partial charge on any atom is -0.330 e. The number of nitrogens with zero attached hydrogens (tertiary/aromatic N) is 1. The second-order valence-corrected chi connectivity index (χ2v) is 4.14. The number of carbonyl (C=O) groups is 1. The van der Waals surface area contributed by atoms with Crippen LogP contribution in [0.2, 0.25) is 0 Å². The van der Waals surface area contributed by atoms with E-state index in [1.54, 1.807) is 6.20 Å². The van der Waals surface area contributed by atoms with Crippen molar-refractivity contribution in [1.82, 2.24) is 4.98 Å². The van der Waals surface area contributed by atoms with Gasteiger partial charge < -0.3 is 5.73 Å². The molecule has 0 saturated carbocycles. The summed E-state index contributed by atoms with van der Waals surface area (Å²) >= 11 is 0. The monoisotopic (exact) mass is 206 g/mol. The van der Waals surface area contributed by atoms with E-state index in [1.807, 2.05) is 32.9 Å². The molecule has 0 amide bonds. The van der Waals surface area contributed by atoms with Crippen molar-refractivity contribution in [2.75, 3.05) is 6.54 Å². The Morgan fingerprint density at radius 2 is 2.13 bits per heavy atom.